The van der Waals surface area contributed by atoms with E-state index in [-0.39, 0.29) is 6.61 Å². The van der Waals surface area contributed by atoms with Crippen molar-refractivity contribution in [3.63, 3.8) is 0 Å². The summed E-state index contributed by atoms with van der Waals surface area (Å²) in [6.07, 6.45) is 0. The van der Waals surface area contributed by atoms with Crippen LogP contribution in [0.4, 0.5) is 0 Å². The first-order valence-corrected chi connectivity index (χ1v) is 6.33. The Morgan fingerprint density at radius 2 is 2.21 bits per heavy atom. The molecule has 19 heavy (non-hydrogen) atoms. The summed E-state index contributed by atoms with van der Waals surface area (Å²) in [6, 6.07) is 11.9. The molecule has 1 unspecified atom stereocenters. The molecule has 100 valence electrons. The fourth-order valence-corrected chi connectivity index (χ4v) is 2.35. The van der Waals surface area contributed by atoms with E-state index in [1.165, 1.54) is 0 Å². The van der Waals surface area contributed by atoms with E-state index >= 15 is 0 Å². The second-order valence-electron chi connectivity index (χ2n) is 4.93. The SMILES string of the molecule is CNCC1(O)COc2cc(-c3ccccc3)nn2C1. The van der Waals surface area contributed by atoms with E-state index in [0.29, 0.717) is 19.0 Å². The number of likely N-dealkylation sites (N-methyl/N-ethyl adjacent to an activating group) is 1. The standard InChI is InChI=1S/C14H17N3O2/c1-15-8-14(18)9-17-13(19-10-14)7-12(16-17)11-5-3-2-4-6-11/h2-7,15,18H,8-10H2,1H3. The summed E-state index contributed by atoms with van der Waals surface area (Å²) >= 11 is 0. The first kappa shape index (κ1) is 12.2. The molecule has 2 N–H and O–H groups in total. The van der Waals surface area contributed by atoms with Crippen LogP contribution >= 0.6 is 0 Å². The molecule has 1 aromatic carbocycles. The predicted octanol–water partition coefficient (Wildman–Crippen LogP) is 0.893. The Kier molecular flexibility index (Phi) is 3.00. The molecule has 0 saturated carbocycles. The van der Waals surface area contributed by atoms with Gasteiger partial charge in [0, 0.05) is 18.2 Å². The highest BCUT2D eigenvalue weighted by atomic mass is 16.5. The molecule has 0 spiro atoms. The first-order valence-electron chi connectivity index (χ1n) is 6.33. The number of aromatic nitrogens is 2. The molecule has 3 rings (SSSR count). The summed E-state index contributed by atoms with van der Waals surface area (Å²) in [4.78, 5) is 0. The Balaban J connectivity index is 1.89. The Morgan fingerprint density at radius 3 is 2.95 bits per heavy atom. The molecule has 0 saturated heterocycles. The molecule has 0 aliphatic carbocycles. The van der Waals surface area contributed by atoms with E-state index in [4.69, 9.17) is 4.74 Å². The average molecular weight is 259 g/mol. The molecule has 0 bridgehead atoms. The van der Waals surface area contributed by atoms with Gasteiger partial charge in [0.25, 0.3) is 0 Å². The van der Waals surface area contributed by atoms with Gasteiger partial charge in [-0.3, -0.25) is 0 Å². The van der Waals surface area contributed by atoms with E-state index in [1.54, 1.807) is 4.68 Å². The van der Waals surface area contributed by atoms with Crippen molar-refractivity contribution in [2.45, 2.75) is 12.1 Å². The minimum atomic E-state index is -0.901. The van der Waals surface area contributed by atoms with Crippen LogP contribution in [0.2, 0.25) is 0 Å². The molecular weight excluding hydrogens is 242 g/mol. The van der Waals surface area contributed by atoms with Gasteiger partial charge >= 0.3 is 0 Å². The third-order valence-electron chi connectivity index (χ3n) is 3.25. The average Bonchev–Trinajstić information content (AvgIpc) is 2.82. The van der Waals surface area contributed by atoms with Crippen molar-refractivity contribution in [1.82, 2.24) is 15.1 Å². The molecule has 5 nitrogen and oxygen atoms in total. The van der Waals surface area contributed by atoms with Gasteiger partial charge < -0.3 is 15.2 Å². The van der Waals surface area contributed by atoms with Crippen molar-refractivity contribution in [2.24, 2.45) is 0 Å². The first-order chi connectivity index (χ1) is 9.20. The second kappa shape index (κ2) is 4.68. The van der Waals surface area contributed by atoms with Gasteiger partial charge in [-0.15, -0.1) is 0 Å². The summed E-state index contributed by atoms with van der Waals surface area (Å²) in [7, 11) is 1.81. The van der Waals surface area contributed by atoms with E-state index in [1.807, 2.05) is 43.4 Å². The largest absolute Gasteiger partial charge is 0.475 e. The molecule has 5 heteroatoms. The van der Waals surface area contributed by atoms with Gasteiger partial charge in [0.2, 0.25) is 5.88 Å². The Labute approximate surface area is 111 Å². The summed E-state index contributed by atoms with van der Waals surface area (Å²) in [5.74, 6) is 0.708. The van der Waals surface area contributed by atoms with E-state index in [2.05, 4.69) is 10.4 Å². The molecule has 0 radical (unpaired) electrons. The van der Waals surface area contributed by atoms with Crippen molar-refractivity contribution >= 4 is 0 Å². The molecule has 0 fully saturated rings. The van der Waals surface area contributed by atoms with E-state index in [9.17, 15) is 5.11 Å². The van der Waals surface area contributed by atoms with E-state index in [0.717, 1.165) is 11.3 Å². The third-order valence-corrected chi connectivity index (χ3v) is 3.25. The number of aliphatic hydroxyl groups is 1. The molecular formula is C14H17N3O2. The Morgan fingerprint density at radius 1 is 1.42 bits per heavy atom. The quantitative estimate of drug-likeness (QED) is 0.859. The van der Waals surface area contributed by atoms with Crippen molar-refractivity contribution in [2.75, 3.05) is 20.2 Å². The monoisotopic (exact) mass is 259 g/mol. The van der Waals surface area contributed by atoms with Gasteiger partial charge in [-0.05, 0) is 7.05 Å². The normalized spacial score (nSPS) is 21.8. The van der Waals surface area contributed by atoms with Crippen molar-refractivity contribution in [3.8, 4) is 17.1 Å². The van der Waals surface area contributed by atoms with Gasteiger partial charge in [-0.2, -0.15) is 5.10 Å². The third kappa shape index (κ3) is 2.34. The highest BCUT2D eigenvalue weighted by molar-refractivity contribution is 5.60. The highest BCUT2D eigenvalue weighted by Gasteiger charge is 2.34. The molecule has 1 atom stereocenters. The van der Waals surface area contributed by atoms with Gasteiger partial charge in [0.1, 0.15) is 12.2 Å². The maximum absolute atomic E-state index is 10.3. The van der Waals surface area contributed by atoms with Crippen LogP contribution in [0.25, 0.3) is 11.3 Å². The number of hydrogen-bond acceptors (Lipinski definition) is 4. The van der Waals surface area contributed by atoms with Crippen molar-refractivity contribution < 1.29 is 9.84 Å². The van der Waals surface area contributed by atoms with Crippen molar-refractivity contribution in [3.05, 3.63) is 36.4 Å². The van der Waals surface area contributed by atoms with E-state index < -0.39 is 5.60 Å². The van der Waals surface area contributed by atoms with Crippen LogP contribution in [0.5, 0.6) is 5.88 Å². The zero-order valence-electron chi connectivity index (χ0n) is 10.8. The fraction of sp³-hybridized carbons (Fsp3) is 0.357. The van der Waals surface area contributed by atoms with Gasteiger partial charge in [0.15, 0.2) is 0 Å². The number of benzene rings is 1. The topological polar surface area (TPSA) is 59.3 Å². The lowest BCUT2D eigenvalue weighted by Gasteiger charge is -2.32. The maximum atomic E-state index is 10.3. The van der Waals surface area contributed by atoms with Crippen LogP contribution in [-0.4, -0.2) is 40.7 Å². The fourth-order valence-electron chi connectivity index (χ4n) is 2.35. The lowest BCUT2D eigenvalue weighted by molar-refractivity contribution is -0.0434. The number of ether oxygens (including phenoxy) is 1. The number of rotatable bonds is 3. The Hall–Kier alpha value is -1.85. The molecule has 1 aromatic heterocycles. The number of nitrogens with zero attached hydrogens (tertiary/aromatic N) is 2. The summed E-state index contributed by atoms with van der Waals surface area (Å²) in [5.41, 5.74) is 1.01. The molecule has 0 amide bonds. The minimum Gasteiger partial charge on any atom is -0.475 e. The maximum Gasteiger partial charge on any atom is 0.212 e. The zero-order chi connectivity index (χ0) is 13.3. The van der Waals surface area contributed by atoms with Crippen molar-refractivity contribution in [1.29, 1.82) is 0 Å². The van der Waals surface area contributed by atoms with Crippen LogP contribution in [-0.2, 0) is 6.54 Å². The highest BCUT2D eigenvalue weighted by Crippen LogP contribution is 2.28. The molecule has 2 heterocycles. The predicted molar refractivity (Wildman–Crippen MR) is 72.0 cm³/mol. The number of fused-ring (bicyclic) bond motifs is 1. The minimum absolute atomic E-state index is 0.285. The summed E-state index contributed by atoms with van der Waals surface area (Å²) in [6.45, 7) is 1.21. The Bertz CT molecular complexity index is 567. The smallest absolute Gasteiger partial charge is 0.212 e. The van der Waals surface area contributed by atoms with Gasteiger partial charge in [-0.1, -0.05) is 30.3 Å². The van der Waals surface area contributed by atoms with Gasteiger partial charge in [-0.25, -0.2) is 4.68 Å². The van der Waals surface area contributed by atoms with Crippen LogP contribution in [0.3, 0.4) is 0 Å². The molecule has 1 aliphatic rings. The van der Waals surface area contributed by atoms with Gasteiger partial charge in [0.05, 0.1) is 12.2 Å². The molecule has 1 aliphatic heterocycles. The van der Waals surface area contributed by atoms with Crippen LogP contribution < -0.4 is 10.1 Å². The lowest BCUT2D eigenvalue weighted by Crippen LogP contribution is -2.50. The van der Waals surface area contributed by atoms with Crippen LogP contribution in [0.15, 0.2) is 36.4 Å². The number of nitrogens with one attached hydrogen (secondary N) is 1. The number of hydrogen-bond donors (Lipinski definition) is 2. The second-order valence-corrected chi connectivity index (χ2v) is 4.93. The summed E-state index contributed by atoms with van der Waals surface area (Å²) in [5, 5.41) is 17.8. The van der Waals surface area contributed by atoms with Crippen LogP contribution in [0.1, 0.15) is 0 Å². The summed E-state index contributed by atoms with van der Waals surface area (Å²) < 4.78 is 7.33. The molecule has 2 aromatic rings. The van der Waals surface area contributed by atoms with Crippen LogP contribution in [0, 0.1) is 0 Å². The lowest BCUT2D eigenvalue weighted by atomic mass is 10.1. The zero-order valence-corrected chi connectivity index (χ0v) is 10.8.